The summed E-state index contributed by atoms with van der Waals surface area (Å²) >= 11 is 8.59. The van der Waals surface area contributed by atoms with Crippen LogP contribution >= 0.6 is 35.3 Å². The van der Waals surface area contributed by atoms with Crippen molar-refractivity contribution in [2.75, 3.05) is 29.5 Å². The van der Waals surface area contributed by atoms with Crippen LogP contribution in [0.4, 0.5) is 5.69 Å². The molecule has 128 valence electrons. The highest BCUT2D eigenvalue weighted by molar-refractivity contribution is 7.99. The van der Waals surface area contributed by atoms with Gasteiger partial charge in [0.15, 0.2) is 3.95 Å². The lowest BCUT2D eigenvalue weighted by molar-refractivity contribution is -0.120. The third-order valence-electron chi connectivity index (χ3n) is 4.05. The highest BCUT2D eigenvalue weighted by atomic mass is 32.2. The standard InChI is InChI=1S/C17H21N3OS3/c1-12-15(24-17(22)19-12)10-16(21)18-11-13-2-4-14(5-3-13)20-6-8-23-9-7-20/h2-5H,6-11H2,1H3,(H,18,21)(H,19,22). The Morgan fingerprint density at radius 3 is 2.62 bits per heavy atom. The van der Waals surface area contributed by atoms with E-state index in [1.165, 1.54) is 28.5 Å². The summed E-state index contributed by atoms with van der Waals surface area (Å²) in [5.74, 6) is 2.42. The number of nitrogens with zero attached hydrogens (tertiary/aromatic N) is 1. The number of carbonyl (C=O) groups is 1. The van der Waals surface area contributed by atoms with E-state index in [0.717, 1.165) is 33.2 Å². The number of amides is 1. The minimum atomic E-state index is 0.0282. The first kappa shape index (κ1) is 17.5. The summed E-state index contributed by atoms with van der Waals surface area (Å²) in [7, 11) is 0. The molecule has 1 fully saturated rings. The van der Waals surface area contributed by atoms with Crippen molar-refractivity contribution in [2.45, 2.75) is 19.9 Å². The minimum Gasteiger partial charge on any atom is -0.370 e. The SMILES string of the molecule is Cc1[nH]c(=S)sc1CC(=O)NCc1ccc(N2CCSCC2)cc1. The Hall–Kier alpha value is -1.31. The fourth-order valence-corrected chi connectivity index (χ4v) is 4.85. The summed E-state index contributed by atoms with van der Waals surface area (Å²) in [5.41, 5.74) is 3.38. The largest absolute Gasteiger partial charge is 0.370 e. The molecule has 2 N–H and O–H groups in total. The van der Waals surface area contributed by atoms with E-state index in [1.807, 2.05) is 18.7 Å². The van der Waals surface area contributed by atoms with Crippen LogP contribution in [0.1, 0.15) is 16.1 Å². The van der Waals surface area contributed by atoms with Gasteiger partial charge in [0.1, 0.15) is 0 Å². The molecule has 0 radical (unpaired) electrons. The Bertz CT molecular complexity index is 745. The smallest absolute Gasteiger partial charge is 0.225 e. The third kappa shape index (κ3) is 4.62. The molecule has 0 saturated carbocycles. The molecule has 2 heterocycles. The number of nitrogens with one attached hydrogen (secondary N) is 2. The second-order valence-corrected chi connectivity index (χ2v) is 8.78. The summed E-state index contributed by atoms with van der Waals surface area (Å²) in [6.07, 6.45) is 0.382. The molecule has 0 aliphatic carbocycles. The number of aromatic amines is 1. The molecule has 0 atom stereocenters. The average molecular weight is 380 g/mol. The zero-order valence-electron chi connectivity index (χ0n) is 13.6. The number of thioether (sulfide) groups is 1. The molecule has 1 aromatic carbocycles. The van der Waals surface area contributed by atoms with Gasteiger partial charge in [-0.15, -0.1) is 11.3 Å². The number of benzene rings is 1. The van der Waals surface area contributed by atoms with Crippen molar-refractivity contribution in [3.63, 3.8) is 0 Å². The molecular weight excluding hydrogens is 358 g/mol. The molecule has 4 nitrogen and oxygen atoms in total. The second-order valence-electron chi connectivity index (χ2n) is 5.78. The van der Waals surface area contributed by atoms with Crippen molar-refractivity contribution in [1.29, 1.82) is 0 Å². The van der Waals surface area contributed by atoms with Crippen LogP contribution in [0, 0.1) is 10.9 Å². The molecule has 7 heteroatoms. The lowest BCUT2D eigenvalue weighted by atomic mass is 10.2. The van der Waals surface area contributed by atoms with Crippen LogP contribution in [0.3, 0.4) is 0 Å². The summed E-state index contributed by atoms with van der Waals surface area (Å²) < 4.78 is 0.724. The van der Waals surface area contributed by atoms with Gasteiger partial charge >= 0.3 is 0 Å². The molecule has 0 spiro atoms. The van der Waals surface area contributed by atoms with E-state index in [4.69, 9.17) is 12.2 Å². The van der Waals surface area contributed by atoms with Crippen molar-refractivity contribution in [3.8, 4) is 0 Å². The zero-order valence-corrected chi connectivity index (χ0v) is 16.1. The van der Waals surface area contributed by atoms with E-state index < -0.39 is 0 Å². The van der Waals surface area contributed by atoms with E-state index >= 15 is 0 Å². The van der Waals surface area contributed by atoms with Crippen molar-refractivity contribution in [3.05, 3.63) is 44.4 Å². The second kappa shape index (κ2) is 8.18. The van der Waals surface area contributed by atoms with Gasteiger partial charge in [0.2, 0.25) is 5.91 Å². The van der Waals surface area contributed by atoms with Crippen LogP contribution in [0.5, 0.6) is 0 Å². The fourth-order valence-electron chi connectivity index (χ4n) is 2.66. The number of carbonyl (C=O) groups excluding carboxylic acids is 1. The molecule has 2 aromatic rings. The van der Waals surface area contributed by atoms with Gasteiger partial charge in [0.05, 0.1) is 6.42 Å². The van der Waals surface area contributed by atoms with E-state index in [-0.39, 0.29) is 5.91 Å². The summed E-state index contributed by atoms with van der Waals surface area (Å²) in [4.78, 5) is 18.6. The number of rotatable bonds is 5. The Labute approximate surface area is 155 Å². The number of anilines is 1. The zero-order chi connectivity index (χ0) is 16.9. The Kier molecular flexibility index (Phi) is 5.97. The first-order valence-electron chi connectivity index (χ1n) is 7.99. The topological polar surface area (TPSA) is 48.1 Å². The highest BCUT2D eigenvalue weighted by Crippen LogP contribution is 2.20. The van der Waals surface area contributed by atoms with Crippen LogP contribution in [0.25, 0.3) is 0 Å². The summed E-state index contributed by atoms with van der Waals surface area (Å²) in [6, 6.07) is 8.50. The molecule has 1 amide bonds. The summed E-state index contributed by atoms with van der Waals surface area (Å²) in [6.45, 7) is 4.74. The number of aromatic nitrogens is 1. The van der Waals surface area contributed by atoms with Gasteiger partial charge in [0.25, 0.3) is 0 Å². The molecular formula is C17H21N3OS3. The van der Waals surface area contributed by atoms with E-state index in [0.29, 0.717) is 13.0 Å². The van der Waals surface area contributed by atoms with Gasteiger partial charge < -0.3 is 15.2 Å². The Morgan fingerprint density at radius 1 is 1.29 bits per heavy atom. The predicted molar refractivity (Wildman–Crippen MR) is 106 cm³/mol. The Balaban J connectivity index is 1.51. The number of hydrogen-bond acceptors (Lipinski definition) is 5. The van der Waals surface area contributed by atoms with Crippen LogP contribution in [0.15, 0.2) is 24.3 Å². The van der Waals surface area contributed by atoms with E-state index in [1.54, 1.807) is 0 Å². The number of aryl methyl sites for hydroxylation is 1. The van der Waals surface area contributed by atoms with Gasteiger partial charge in [-0.3, -0.25) is 4.79 Å². The number of thiazole rings is 1. The summed E-state index contributed by atoms with van der Waals surface area (Å²) in [5, 5.41) is 2.99. The molecule has 24 heavy (non-hydrogen) atoms. The van der Waals surface area contributed by atoms with Crippen LogP contribution in [0.2, 0.25) is 0 Å². The van der Waals surface area contributed by atoms with Crippen LogP contribution in [-0.4, -0.2) is 35.5 Å². The van der Waals surface area contributed by atoms with Gasteiger partial charge in [0, 0.05) is 47.4 Å². The maximum Gasteiger partial charge on any atom is 0.225 e. The maximum atomic E-state index is 12.1. The Morgan fingerprint density at radius 2 is 2.00 bits per heavy atom. The van der Waals surface area contributed by atoms with Crippen LogP contribution < -0.4 is 10.2 Å². The van der Waals surface area contributed by atoms with E-state index in [2.05, 4.69) is 39.5 Å². The van der Waals surface area contributed by atoms with Gasteiger partial charge in [-0.05, 0) is 36.8 Å². The average Bonchev–Trinajstić information content (AvgIpc) is 2.91. The van der Waals surface area contributed by atoms with Crippen molar-refractivity contribution >= 4 is 46.9 Å². The molecule has 0 bridgehead atoms. The molecule has 1 aliphatic rings. The number of H-pyrrole nitrogens is 1. The third-order valence-corrected chi connectivity index (χ3v) is 6.33. The lowest BCUT2D eigenvalue weighted by Gasteiger charge is -2.28. The highest BCUT2D eigenvalue weighted by Gasteiger charge is 2.11. The first-order chi connectivity index (χ1) is 11.6. The predicted octanol–water partition coefficient (Wildman–Crippen LogP) is 3.53. The van der Waals surface area contributed by atoms with E-state index in [9.17, 15) is 4.79 Å². The van der Waals surface area contributed by atoms with Crippen molar-refractivity contribution in [2.24, 2.45) is 0 Å². The normalized spacial score (nSPS) is 14.6. The molecule has 0 unspecified atom stereocenters. The minimum absolute atomic E-state index is 0.0282. The molecule has 1 aromatic heterocycles. The maximum absolute atomic E-state index is 12.1. The van der Waals surface area contributed by atoms with Gasteiger partial charge in [-0.2, -0.15) is 11.8 Å². The molecule has 1 saturated heterocycles. The van der Waals surface area contributed by atoms with Crippen LogP contribution in [-0.2, 0) is 17.8 Å². The monoisotopic (exact) mass is 379 g/mol. The fraction of sp³-hybridized carbons (Fsp3) is 0.412. The molecule has 3 rings (SSSR count). The quantitative estimate of drug-likeness (QED) is 0.781. The number of hydrogen-bond donors (Lipinski definition) is 2. The van der Waals surface area contributed by atoms with Gasteiger partial charge in [-0.1, -0.05) is 12.1 Å². The molecule has 1 aliphatic heterocycles. The van der Waals surface area contributed by atoms with Crippen molar-refractivity contribution < 1.29 is 4.79 Å². The van der Waals surface area contributed by atoms with Crippen molar-refractivity contribution in [1.82, 2.24) is 10.3 Å². The van der Waals surface area contributed by atoms with Gasteiger partial charge in [-0.25, -0.2) is 0 Å². The lowest BCUT2D eigenvalue weighted by Crippen LogP contribution is -2.32. The first-order valence-corrected chi connectivity index (χ1v) is 10.4.